The van der Waals surface area contributed by atoms with Gasteiger partial charge in [-0.3, -0.25) is 9.69 Å². The van der Waals surface area contributed by atoms with Crippen molar-refractivity contribution in [2.24, 2.45) is 0 Å². The molecule has 4 rings (SSSR count). The van der Waals surface area contributed by atoms with E-state index in [1.54, 1.807) is 34.2 Å². The summed E-state index contributed by atoms with van der Waals surface area (Å²) in [6.07, 6.45) is 3.86. The van der Waals surface area contributed by atoms with Crippen molar-refractivity contribution < 1.29 is 4.79 Å². The van der Waals surface area contributed by atoms with E-state index in [2.05, 4.69) is 28.3 Å². The summed E-state index contributed by atoms with van der Waals surface area (Å²) in [6, 6.07) is 14.1. The highest BCUT2D eigenvalue weighted by Gasteiger charge is 2.23. The number of halogens is 1. The zero-order valence-corrected chi connectivity index (χ0v) is 19.0. The molecule has 0 atom stereocenters. The molecule has 5 nitrogen and oxygen atoms in total. The lowest BCUT2D eigenvalue weighted by atomic mass is 10.1. The molecule has 152 valence electrons. The third kappa shape index (κ3) is 4.43. The largest absolute Gasteiger partial charge is 0.360 e. The Morgan fingerprint density at radius 1 is 1.17 bits per heavy atom. The van der Waals surface area contributed by atoms with Gasteiger partial charge in [0.2, 0.25) is 0 Å². The van der Waals surface area contributed by atoms with Gasteiger partial charge in [-0.15, -0.1) is 24.2 Å². The Morgan fingerprint density at radius 2 is 1.97 bits per heavy atom. The van der Waals surface area contributed by atoms with Crippen molar-refractivity contribution in [3.05, 3.63) is 54.2 Å². The van der Waals surface area contributed by atoms with Gasteiger partial charge < -0.3 is 9.88 Å². The van der Waals surface area contributed by atoms with Crippen molar-refractivity contribution in [1.82, 2.24) is 14.9 Å². The molecule has 0 radical (unpaired) electrons. The lowest BCUT2D eigenvalue weighted by Crippen LogP contribution is -2.36. The maximum absolute atomic E-state index is 13.5. The Labute approximate surface area is 184 Å². The van der Waals surface area contributed by atoms with E-state index in [4.69, 9.17) is 4.98 Å². The maximum atomic E-state index is 13.5. The predicted octanol–water partition coefficient (Wildman–Crippen LogP) is 5.13. The zero-order chi connectivity index (χ0) is 19.7. The number of amides is 1. The van der Waals surface area contributed by atoms with Crippen molar-refractivity contribution in [2.45, 2.75) is 4.90 Å². The van der Waals surface area contributed by atoms with Crippen LogP contribution < -0.4 is 4.90 Å². The van der Waals surface area contributed by atoms with E-state index in [0.29, 0.717) is 12.1 Å². The first kappa shape index (κ1) is 21.6. The van der Waals surface area contributed by atoms with Crippen LogP contribution in [0.15, 0.2) is 53.6 Å². The molecule has 0 aliphatic carbocycles. The Morgan fingerprint density at radius 3 is 2.72 bits per heavy atom. The molecule has 2 aromatic heterocycles. The number of fused-ring (bicyclic) bond motifs is 2. The Hall–Kier alpha value is -2.06. The first-order chi connectivity index (χ1) is 13.6. The summed E-state index contributed by atoms with van der Waals surface area (Å²) in [5, 5.41) is 1.68. The van der Waals surface area contributed by atoms with Gasteiger partial charge >= 0.3 is 0 Å². The Balaban J connectivity index is 0.00000240. The number of hydrogen-bond donors (Lipinski definition) is 1. The lowest BCUT2D eigenvalue weighted by molar-refractivity contribution is 0.0987. The number of anilines is 1. The molecule has 0 saturated carbocycles. The number of aromatic nitrogens is 2. The molecule has 0 spiro atoms. The van der Waals surface area contributed by atoms with Crippen molar-refractivity contribution in [3.63, 3.8) is 0 Å². The number of thioether (sulfide) groups is 1. The smallest absolute Gasteiger partial charge is 0.262 e. The summed E-state index contributed by atoms with van der Waals surface area (Å²) in [5.74, 6) is -0.0246. The molecule has 1 N–H and O–H groups in total. The van der Waals surface area contributed by atoms with Gasteiger partial charge in [-0.2, -0.15) is 0 Å². The topological polar surface area (TPSA) is 52.2 Å². The molecule has 1 amide bonds. The van der Waals surface area contributed by atoms with Gasteiger partial charge in [0.15, 0.2) is 5.13 Å². The number of aromatic amines is 1. The summed E-state index contributed by atoms with van der Waals surface area (Å²) in [4.78, 5) is 26.5. The van der Waals surface area contributed by atoms with Crippen LogP contribution in [0.25, 0.3) is 21.1 Å². The van der Waals surface area contributed by atoms with Gasteiger partial charge in [-0.25, -0.2) is 4.98 Å². The second-order valence-corrected chi connectivity index (χ2v) is 8.73. The Kier molecular flexibility index (Phi) is 6.85. The van der Waals surface area contributed by atoms with Crippen molar-refractivity contribution in [1.29, 1.82) is 0 Å². The standard InChI is InChI=1S/C21H22N4OS2.ClH/c1-24(2)10-11-25(20(26)16-13-22-17-7-5-4-6-15(16)17)21-23-18-9-8-14(27-3)12-19(18)28-21;/h4-9,12-13,22H,10-11H2,1-3H3;1H. The number of carbonyl (C=O) groups is 1. The molecule has 4 aromatic rings. The third-order valence-corrected chi connectivity index (χ3v) is 6.42. The van der Waals surface area contributed by atoms with E-state index >= 15 is 0 Å². The molecule has 0 bridgehead atoms. The fourth-order valence-corrected chi connectivity index (χ4v) is 4.66. The predicted molar refractivity (Wildman–Crippen MR) is 127 cm³/mol. The third-order valence-electron chi connectivity index (χ3n) is 4.65. The molecule has 0 unspecified atom stereocenters. The van der Waals surface area contributed by atoms with Crippen LogP contribution in [0.3, 0.4) is 0 Å². The summed E-state index contributed by atoms with van der Waals surface area (Å²) >= 11 is 3.28. The summed E-state index contributed by atoms with van der Waals surface area (Å²) in [7, 11) is 4.02. The molecule has 2 heterocycles. The summed E-state index contributed by atoms with van der Waals surface area (Å²) in [5.41, 5.74) is 2.57. The van der Waals surface area contributed by atoms with Crippen LogP contribution >= 0.6 is 35.5 Å². The molecule has 0 saturated heterocycles. The van der Waals surface area contributed by atoms with Crippen LogP contribution in [-0.4, -0.2) is 54.2 Å². The number of nitrogens with zero attached hydrogens (tertiary/aromatic N) is 3. The van der Waals surface area contributed by atoms with Crippen LogP contribution in [0, 0.1) is 0 Å². The minimum Gasteiger partial charge on any atom is -0.360 e. The first-order valence-electron chi connectivity index (χ1n) is 9.04. The second-order valence-electron chi connectivity index (χ2n) is 6.84. The minimum atomic E-state index is -0.0246. The minimum absolute atomic E-state index is 0. The normalized spacial score (nSPS) is 11.2. The SMILES string of the molecule is CSc1ccc2nc(N(CCN(C)C)C(=O)c3c[nH]c4ccccc34)sc2c1.Cl. The first-order valence-corrected chi connectivity index (χ1v) is 11.1. The van der Waals surface area contributed by atoms with Gasteiger partial charge in [-0.05, 0) is 44.6 Å². The van der Waals surface area contributed by atoms with Crippen molar-refractivity contribution >= 4 is 67.7 Å². The van der Waals surface area contributed by atoms with E-state index in [1.807, 2.05) is 44.4 Å². The fourth-order valence-electron chi connectivity index (χ4n) is 3.11. The number of thiazole rings is 1. The van der Waals surface area contributed by atoms with E-state index in [-0.39, 0.29) is 18.3 Å². The molecule has 2 aromatic carbocycles. The molecule has 0 aliphatic heterocycles. The van der Waals surface area contributed by atoms with Gasteiger partial charge in [0.1, 0.15) is 0 Å². The van der Waals surface area contributed by atoms with Crippen LogP contribution in [0.2, 0.25) is 0 Å². The number of likely N-dealkylation sites (N-methyl/N-ethyl adjacent to an activating group) is 1. The van der Waals surface area contributed by atoms with Gasteiger partial charge in [0.25, 0.3) is 5.91 Å². The molecule has 0 aliphatic rings. The number of para-hydroxylation sites is 1. The van der Waals surface area contributed by atoms with E-state index in [0.717, 1.165) is 32.8 Å². The highest BCUT2D eigenvalue weighted by molar-refractivity contribution is 7.98. The van der Waals surface area contributed by atoms with E-state index < -0.39 is 0 Å². The number of benzene rings is 2. The average Bonchev–Trinajstić information content (AvgIpc) is 3.31. The van der Waals surface area contributed by atoms with Crippen LogP contribution in [0.1, 0.15) is 10.4 Å². The molecule has 8 heteroatoms. The monoisotopic (exact) mass is 446 g/mol. The molecule has 0 fully saturated rings. The van der Waals surface area contributed by atoms with E-state index in [9.17, 15) is 4.79 Å². The van der Waals surface area contributed by atoms with Crippen LogP contribution in [-0.2, 0) is 0 Å². The zero-order valence-electron chi connectivity index (χ0n) is 16.5. The lowest BCUT2D eigenvalue weighted by Gasteiger charge is -2.21. The van der Waals surface area contributed by atoms with Crippen molar-refractivity contribution in [2.75, 3.05) is 38.3 Å². The molecular weight excluding hydrogens is 424 g/mol. The fraction of sp³-hybridized carbons (Fsp3) is 0.238. The van der Waals surface area contributed by atoms with Gasteiger partial charge in [0.05, 0.1) is 15.8 Å². The second kappa shape index (κ2) is 9.17. The summed E-state index contributed by atoms with van der Waals surface area (Å²) < 4.78 is 1.10. The van der Waals surface area contributed by atoms with Crippen LogP contribution in [0.4, 0.5) is 5.13 Å². The highest BCUT2D eigenvalue weighted by Crippen LogP contribution is 2.33. The quantitative estimate of drug-likeness (QED) is 0.417. The highest BCUT2D eigenvalue weighted by atomic mass is 35.5. The molecule has 29 heavy (non-hydrogen) atoms. The summed E-state index contributed by atoms with van der Waals surface area (Å²) in [6.45, 7) is 1.35. The maximum Gasteiger partial charge on any atom is 0.262 e. The number of rotatable bonds is 6. The van der Waals surface area contributed by atoms with Gasteiger partial charge in [-0.1, -0.05) is 29.5 Å². The van der Waals surface area contributed by atoms with E-state index in [1.165, 1.54) is 4.90 Å². The van der Waals surface area contributed by atoms with Crippen molar-refractivity contribution in [3.8, 4) is 0 Å². The Bertz CT molecular complexity index is 1140. The van der Waals surface area contributed by atoms with Crippen LogP contribution in [0.5, 0.6) is 0 Å². The molecular formula is C21H23ClN4OS2. The number of nitrogens with one attached hydrogen (secondary N) is 1. The number of hydrogen-bond acceptors (Lipinski definition) is 5. The van der Waals surface area contributed by atoms with Gasteiger partial charge in [0, 0.05) is 35.1 Å². The number of carbonyl (C=O) groups excluding carboxylic acids is 1. The average molecular weight is 447 g/mol. The number of H-pyrrole nitrogens is 1.